The number of carbonyl (C=O) groups excluding carboxylic acids is 1. The average molecular weight is 308 g/mol. The Kier molecular flexibility index (Phi) is 6.34. The number of carboxylic acid groups (broad SMARTS) is 1. The summed E-state index contributed by atoms with van der Waals surface area (Å²) in [6.07, 6.45) is 2.81. The second-order valence-electron chi connectivity index (χ2n) is 5.82. The topological polar surface area (TPSA) is 88.4 Å². The Labute approximate surface area is 130 Å². The maximum Gasteiger partial charge on any atom is 0.326 e. The van der Waals surface area contributed by atoms with Crippen LogP contribution in [0, 0.1) is 12.8 Å². The minimum Gasteiger partial charge on any atom is -0.480 e. The summed E-state index contributed by atoms with van der Waals surface area (Å²) in [5.41, 5.74) is 0.600. The number of pyridine rings is 1. The zero-order valence-electron chi connectivity index (χ0n) is 13.5. The standard InChI is InChI=1S/C16H24N2O4/c1-5-6-12(18-9-11(4)7-8-13(18)19)15(20)17-14(10(2)3)16(21)22/h7-10,12,14H,5-6H2,1-4H3,(H,17,20)(H,21,22). The second-order valence-corrected chi connectivity index (χ2v) is 5.82. The molecule has 0 saturated heterocycles. The summed E-state index contributed by atoms with van der Waals surface area (Å²) in [5, 5.41) is 11.7. The molecule has 1 aromatic rings. The fraction of sp³-hybridized carbons (Fsp3) is 0.562. The van der Waals surface area contributed by atoms with Crippen molar-refractivity contribution in [3.63, 3.8) is 0 Å². The highest BCUT2D eigenvalue weighted by atomic mass is 16.4. The van der Waals surface area contributed by atoms with E-state index in [9.17, 15) is 19.5 Å². The molecule has 1 amide bonds. The van der Waals surface area contributed by atoms with Crippen molar-refractivity contribution in [2.45, 2.75) is 52.6 Å². The lowest BCUT2D eigenvalue weighted by Crippen LogP contribution is -2.48. The van der Waals surface area contributed by atoms with Crippen molar-refractivity contribution in [3.05, 3.63) is 34.2 Å². The van der Waals surface area contributed by atoms with Gasteiger partial charge in [-0.15, -0.1) is 0 Å². The van der Waals surface area contributed by atoms with Gasteiger partial charge in [0.2, 0.25) is 5.91 Å². The molecule has 2 N–H and O–H groups in total. The number of amides is 1. The molecule has 1 heterocycles. The van der Waals surface area contributed by atoms with Gasteiger partial charge in [-0.25, -0.2) is 4.79 Å². The van der Waals surface area contributed by atoms with Gasteiger partial charge < -0.3 is 15.0 Å². The molecule has 0 spiro atoms. The molecule has 1 rings (SSSR count). The maximum absolute atomic E-state index is 12.5. The smallest absolute Gasteiger partial charge is 0.326 e. The molecule has 0 aliphatic carbocycles. The number of nitrogens with one attached hydrogen (secondary N) is 1. The summed E-state index contributed by atoms with van der Waals surface area (Å²) in [7, 11) is 0. The molecule has 122 valence electrons. The summed E-state index contributed by atoms with van der Waals surface area (Å²) in [6.45, 7) is 7.21. The van der Waals surface area contributed by atoms with Gasteiger partial charge in [-0.2, -0.15) is 0 Å². The van der Waals surface area contributed by atoms with Crippen molar-refractivity contribution < 1.29 is 14.7 Å². The zero-order valence-corrected chi connectivity index (χ0v) is 13.5. The number of rotatable bonds is 7. The lowest BCUT2D eigenvalue weighted by molar-refractivity contribution is -0.143. The van der Waals surface area contributed by atoms with Gasteiger partial charge in [0.15, 0.2) is 0 Å². The molecule has 0 saturated carbocycles. The molecule has 6 nitrogen and oxygen atoms in total. The Balaban J connectivity index is 3.09. The van der Waals surface area contributed by atoms with Crippen LogP contribution in [0.25, 0.3) is 0 Å². The SMILES string of the molecule is CCCC(C(=O)NC(C(=O)O)C(C)C)n1cc(C)ccc1=O. The van der Waals surface area contributed by atoms with Gasteiger partial charge in [0.1, 0.15) is 12.1 Å². The molecular weight excluding hydrogens is 284 g/mol. The summed E-state index contributed by atoms with van der Waals surface area (Å²) in [6, 6.07) is 1.45. The number of aromatic nitrogens is 1. The molecule has 6 heteroatoms. The van der Waals surface area contributed by atoms with E-state index < -0.39 is 24.0 Å². The summed E-state index contributed by atoms with van der Waals surface area (Å²) in [5.74, 6) is -1.75. The number of aliphatic carboxylic acids is 1. The van der Waals surface area contributed by atoms with E-state index in [4.69, 9.17) is 0 Å². The third-order valence-corrected chi connectivity index (χ3v) is 3.52. The largest absolute Gasteiger partial charge is 0.480 e. The molecule has 2 atom stereocenters. The second kappa shape index (κ2) is 7.77. The van der Waals surface area contributed by atoms with Crippen molar-refractivity contribution >= 4 is 11.9 Å². The van der Waals surface area contributed by atoms with E-state index in [1.54, 1.807) is 26.1 Å². The molecule has 0 bridgehead atoms. The average Bonchev–Trinajstić information content (AvgIpc) is 2.44. The van der Waals surface area contributed by atoms with Crippen LogP contribution in [0.5, 0.6) is 0 Å². The predicted molar refractivity (Wildman–Crippen MR) is 83.8 cm³/mol. The Morgan fingerprint density at radius 1 is 1.32 bits per heavy atom. The van der Waals surface area contributed by atoms with Crippen LogP contribution in [0.2, 0.25) is 0 Å². The number of carboxylic acids is 1. The van der Waals surface area contributed by atoms with Gasteiger partial charge in [-0.3, -0.25) is 9.59 Å². The molecule has 0 radical (unpaired) electrons. The molecule has 0 aliphatic rings. The van der Waals surface area contributed by atoms with E-state index in [1.165, 1.54) is 10.6 Å². The van der Waals surface area contributed by atoms with Gasteiger partial charge in [0.05, 0.1) is 0 Å². The predicted octanol–water partition coefficient (Wildman–Crippen LogP) is 1.72. The first kappa shape index (κ1) is 17.9. The molecule has 0 fully saturated rings. The fourth-order valence-corrected chi connectivity index (χ4v) is 2.29. The van der Waals surface area contributed by atoms with Crippen molar-refractivity contribution in [1.82, 2.24) is 9.88 Å². The van der Waals surface area contributed by atoms with E-state index in [0.29, 0.717) is 12.8 Å². The van der Waals surface area contributed by atoms with Crippen LogP contribution in [0.3, 0.4) is 0 Å². The van der Waals surface area contributed by atoms with Crippen LogP contribution in [0.1, 0.15) is 45.2 Å². The third-order valence-electron chi connectivity index (χ3n) is 3.52. The van der Waals surface area contributed by atoms with E-state index in [1.807, 2.05) is 13.8 Å². The van der Waals surface area contributed by atoms with E-state index >= 15 is 0 Å². The van der Waals surface area contributed by atoms with Crippen LogP contribution in [-0.4, -0.2) is 27.6 Å². The Hall–Kier alpha value is -2.11. The van der Waals surface area contributed by atoms with E-state index in [2.05, 4.69) is 5.32 Å². The van der Waals surface area contributed by atoms with Crippen molar-refractivity contribution in [2.24, 2.45) is 5.92 Å². The van der Waals surface area contributed by atoms with Crippen LogP contribution in [0.4, 0.5) is 0 Å². The molecule has 1 aromatic heterocycles. The number of hydrogen-bond acceptors (Lipinski definition) is 3. The monoisotopic (exact) mass is 308 g/mol. The number of aryl methyl sites for hydroxylation is 1. The van der Waals surface area contributed by atoms with Gasteiger partial charge in [0.25, 0.3) is 5.56 Å². The van der Waals surface area contributed by atoms with Gasteiger partial charge in [-0.1, -0.05) is 33.3 Å². The molecule has 0 aliphatic heterocycles. The van der Waals surface area contributed by atoms with Crippen molar-refractivity contribution in [3.8, 4) is 0 Å². The van der Waals surface area contributed by atoms with Gasteiger partial charge in [-0.05, 0) is 24.8 Å². The number of nitrogens with zero attached hydrogens (tertiary/aromatic N) is 1. The first-order chi connectivity index (χ1) is 10.3. The van der Waals surface area contributed by atoms with Gasteiger partial charge >= 0.3 is 5.97 Å². The minimum atomic E-state index is -1.07. The molecular formula is C16H24N2O4. The first-order valence-electron chi connectivity index (χ1n) is 7.49. The highest BCUT2D eigenvalue weighted by molar-refractivity contribution is 5.86. The maximum atomic E-state index is 12.5. The number of hydrogen-bond donors (Lipinski definition) is 2. The number of carbonyl (C=O) groups is 2. The third kappa shape index (κ3) is 4.44. The first-order valence-corrected chi connectivity index (χ1v) is 7.49. The van der Waals surface area contributed by atoms with Gasteiger partial charge in [0, 0.05) is 12.3 Å². The van der Waals surface area contributed by atoms with Crippen LogP contribution in [-0.2, 0) is 9.59 Å². The summed E-state index contributed by atoms with van der Waals surface area (Å²) in [4.78, 5) is 35.7. The summed E-state index contributed by atoms with van der Waals surface area (Å²) >= 11 is 0. The zero-order chi connectivity index (χ0) is 16.9. The molecule has 2 unspecified atom stereocenters. The highest BCUT2D eigenvalue weighted by Gasteiger charge is 2.28. The van der Waals surface area contributed by atoms with Crippen molar-refractivity contribution in [1.29, 1.82) is 0 Å². The quantitative estimate of drug-likeness (QED) is 0.803. The van der Waals surface area contributed by atoms with E-state index in [-0.39, 0.29) is 11.5 Å². The van der Waals surface area contributed by atoms with Crippen LogP contribution in [0.15, 0.2) is 23.1 Å². The fourth-order valence-electron chi connectivity index (χ4n) is 2.29. The Morgan fingerprint density at radius 3 is 2.45 bits per heavy atom. The van der Waals surface area contributed by atoms with Crippen molar-refractivity contribution in [2.75, 3.05) is 0 Å². The molecule has 22 heavy (non-hydrogen) atoms. The molecule has 0 aromatic carbocycles. The van der Waals surface area contributed by atoms with E-state index in [0.717, 1.165) is 5.56 Å². The Morgan fingerprint density at radius 2 is 1.95 bits per heavy atom. The lowest BCUT2D eigenvalue weighted by Gasteiger charge is -2.23. The minimum absolute atomic E-state index is 0.238. The summed E-state index contributed by atoms with van der Waals surface area (Å²) < 4.78 is 1.38. The highest BCUT2D eigenvalue weighted by Crippen LogP contribution is 2.14. The Bertz CT molecular complexity index is 592. The lowest BCUT2D eigenvalue weighted by atomic mass is 10.0. The van der Waals surface area contributed by atoms with Crippen LogP contribution >= 0.6 is 0 Å². The normalized spacial score (nSPS) is 13.7. The van der Waals surface area contributed by atoms with Crippen LogP contribution < -0.4 is 10.9 Å².